The van der Waals surface area contributed by atoms with Gasteiger partial charge in [-0.3, -0.25) is 9.59 Å². The minimum Gasteiger partial charge on any atom is -0.345 e. The van der Waals surface area contributed by atoms with E-state index in [1.807, 2.05) is 60.4 Å². The number of nitrogens with zero attached hydrogens (tertiary/aromatic N) is 1. The van der Waals surface area contributed by atoms with E-state index in [9.17, 15) is 9.59 Å². The molecule has 2 aromatic rings. The highest BCUT2D eigenvalue weighted by molar-refractivity contribution is 5.94. The van der Waals surface area contributed by atoms with E-state index >= 15 is 0 Å². The van der Waals surface area contributed by atoms with Gasteiger partial charge in [0.05, 0.1) is 12.5 Å². The van der Waals surface area contributed by atoms with E-state index in [2.05, 4.69) is 10.6 Å². The molecule has 1 saturated heterocycles. The van der Waals surface area contributed by atoms with Gasteiger partial charge in [-0.25, -0.2) is 0 Å². The Morgan fingerprint density at radius 1 is 1.12 bits per heavy atom. The number of piperazine rings is 1. The standard InChI is InChI=1S/C21H25N3O2/c1-16-15-22-12-13-24(16)20(25)14-19(17-8-4-2-5-9-17)23-21(26)18-10-6-3-7-11-18/h2-11,16,19,22H,12-15H2,1H3,(H,23,26)/t16-,19?/m0/s1. The third-order valence-electron chi connectivity index (χ3n) is 4.74. The predicted octanol–water partition coefficient (Wildman–Crippen LogP) is 2.37. The second-order valence-electron chi connectivity index (χ2n) is 6.65. The van der Waals surface area contributed by atoms with Crippen LogP contribution in [0.15, 0.2) is 60.7 Å². The number of nitrogens with one attached hydrogen (secondary N) is 2. The van der Waals surface area contributed by atoms with Crippen molar-refractivity contribution < 1.29 is 9.59 Å². The summed E-state index contributed by atoms with van der Waals surface area (Å²) in [6.07, 6.45) is 0.257. The van der Waals surface area contributed by atoms with Gasteiger partial charge in [-0.1, -0.05) is 48.5 Å². The summed E-state index contributed by atoms with van der Waals surface area (Å²) >= 11 is 0. The Kier molecular flexibility index (Phi) is 6.02. The second kappa shape index (κ2) is 8.63. The van der Waals surface area contributed by atoms with Crippen molar-refractivity contribution in [2.45, 2.75) is 25.4 Å². The van der Waals surface area contributed by atoms with Gasteiger partial charge < -0.3 is 15.5 Å². The van der Waals surface area contributed by atoms with Gasteiger partial charge in [-0.2, -0.15) is 0 Å². The van der Waals surface area contributed by atoms with Crippen LogP contribution in [0, 0.1) is 0 Å². The summed E-state index contributed by atoms with van der Waals surface area (Å²) in [5.74, 6) is -0.0955. The van der Waals surface area contributed by atoms with Crippen molar-refractivity contribution in [2.75, 3.05) is 19.6 Å². The molecule has 1 aliphatic rings. The van der Waals surface area contributed by atoms with E-state index in [0.717, 1.165) is 18.7 Å². The molecule has 136 valence electrons. The van der Waals surface area contributed by atoms with E-state index in [4.69, 9.17) is 0 Å². The van der Waals surface area contributed by atoms with Gasteiger partial charge in [-0.05, 0) is 24.6 Å². The lowest BCUT2D eigenvalue weighted by atomic mass is 10.0. The summed E-state index contributed by atoms with van der Waals surface area (Å²) in [4.78, 5) is 27.4. The number of benzene rings is 2. The number of hydrogen-bond donors (Lipinski definition) is 2. The molecule has 0 spiro atoms. The fourth-order valence-corrected chi connectivity index (χ4v) is 3.27. The Labute approximate surface area is 154 Å². The van der Waals surface area contributed by atoms with Crippen LogP contribution >= 0.6 is 0 Å². The van der Waals surface area contributed by atoms with Crippen molar-refractivity contribution in [3.05, 3.63) is 71.8 Å². The zero-order valence-corrected chi connectivity index (χ0v) is 15.0. The summed E-state index contributed by atoms with van der Waals surface area (Å²) in [6, 6.07) is 18.6. The molecule has 0 aliphatic carbocycles. The minimum atomic E-state index is -0.349. The second-order valence-corrected chi connectivity index (χ2v) is 6.65. The van der Waals surface area contributed by atoms with Crippen molar-refractivity contribution in [3.8, 4) is 0 Å². The van der Waals surface area contributed by atoms with E-state index in [-0.39, 0.29) is 30.3 Å². The largest absolute Gasteiger partial charge is 0.345 e. The van der Waals surface area contributed by atoms with Gasteiger partial charge in [-0.15, -0.1) is 0 Å². The molecule has 1 unspecified atom stereocenters. The molecule has 2 N–H and O–H groups in total. The summed E-state index contributed by atoms with van der Waals surface area (Å²) in [5.41, 5.74) is 1.53. The lowest BCUT2D eigenvalue weighted by Crippen LogP contribution is -2.52. The van der Waals surface area contributed by atoms with Gasteiger partial charge in [0, 0.05) is 31.2 Å². The maximum atomic E-state index is 12.9. The Bertz CT molecular complexity index is 733. The van der Waals surface area contributed by atoms with Crippen LogP contribution in [0.2, 0.25) is 0 Å². The molecule has 0 aromatic heterocycles. The van der Waals surface area contributed by atoms with E-state index in [1.165, 1.54) is 0 Å². The van der Waals surface area contributed by atoms with Crippen molar-refractivity contribution in [2.24, 2.45) is 0 Å². The van der Waals surface area contributed by atoms with Crippen molar-refractivity contribution in [1.82, 2.24) is 15.5 Å². The lowest BCUT2D eigenvalue weighted by molar-refractivity contribution is -0.134. The number of rotatable bonds is 5. The minimum absolute atomic E-state index is 0.0706. The molecule has 26 heavy (non-hydrogen) atoms. The lowest BCUT2D eigenvalue weighted by Gasteiger charge is -2.35. The first-order chi connectivity index (χ1) is 12.6. The zero-order valence-electron chi connectivity index (χ0n) is 15.0. The average Bonchev–Trinajstić information content (AvgIpc) is 2.69. The molecular formula is C21H25N3O2. The van der Waals surface area contributed by atoms with Gasteiger partial charge in [0.2, 0.25) is 5.91 Å². The van der Waals surface area contributed by atoms with Crippen LogP contribution in [-0.4, -0.2) is 42.4 Å². The van der Waals surface area contributed by atoms with Crippen LogP contribution < -0.4 is 10.6 Å². The van der Waals surface area contributed by atoms with Crippen LogP contribution in [0.4, 0.5) is 0 Å². The zero-order chi connectivity index (χ0) is 18.4. The Morgan fingerprint density at radius 3 is 2.42 bits per heavy atom. The molecule has 5 nitrogen and oxygen atoms in total. The van der Waals surface area contributed by atoms with E-state index < -0.39 is 0 Å². The number of carbonyl (C=O) groups excluding carboxylic acids is 2. The van der Waals surface area contributed by atoms with Crippen LogP contribution in [0.1, 0.15) is 35.3 Å². The first-order valence-electron chi connectivity index (χ1n) is 9.06. The normalized spacial score (nSPS) is 18.2. The molecule has 1 fully saturated rings. The molecular weight excluding hydrogens is 326 g/mol. The average molecular weight is 351 g/mol. The quantitative estimate of drug-likeness (QED) is 0.869. The molecule has 3 rings (SSSR count). The molecule has 2 aromatic carbocycles. The third kappa shape index (κ3) is 4.49. The van der Waals surface area contributed by atoms with E-state index in [1.54, 1.807) is 12.1 Å². The fourth-order valence-electron chi connectivity index (χ4n) is 3.27. The molecule has 2 atom stereocenters. The van der Waals surface area contributed by atoms with Gasteiger partial charge in [0.25, 0.3) is 5.91 Å². The van der Waals surface area contributed by atoms with Crippen LogP contribution in [0.25, 0.3) is 0 Å². The van der Waals surface area contributed by atoms with Gasteiger partial charge in [0.1, 0.15) is 0 Å². The highest BCUT2D eigenvalue weighted by Crippen LogP contribution is 2.20. The summed E-state index contributed by atoms with van der Waals surface area (Å²) in [6.45, 7) is 4.36. The molecule has 1 heterocycles. The SMILES string of the molecule is C[C@H]1CNCCN1C(=O)CC(NC(=O)c1ccccc1)c1ccccc1. The summed E-state index contributed by atoms with van der Waals surface area (Å²) in [7, 11) is 0. The highest BCUT2D eigenvalue weighted by atomic mass is 16.2. The predicted molar refractivity (Wildman–Crippen MR) is 102 cm³/mol. The third-order valence-corrected chi connectivity index (χ3v) is 4.74. The number of carbonyl (C=O) groups is 2. The van der Waals surface area contributed by atoms with E-state index in [0.29, 0.717) is 12.1 Å². The molecule has 0 bridgehead atoms. The first kappa shape index (κ1) is 18.1. The summed E-state index contributed by atoms with van der Waals surface area (Å²) in [5, 5.41) is 6.33. The maximum absolute atomic E-state index is 12.9. The molecule has 2 amide bonds. The van der Waals surface area contributed by atoms with Crippen LogP contribution in [0.5, 0.6) is 0 Å². The maximum Gasteiger partial charge on any atom is 0.251 e. The molecule has 0 saturated carbocycles. The fraction of sp³-hybridized carbons (Fsp3) is 0.333. The number of amides is 2. The molecule has 5 heteroatoms. The van der Waals surface area contributed by atoms with Crippen LogP contribution in [-0.2, 0) is 4.79 Å². The Hall–Kier alpha value is -2.66. The van der Waals surface area contributed by atoms with Gasteiger partial charge >= 0.3 is 0 Å². The smallest absolute Gasteiger partial charge is 0.251 e. The number of hydrogen-bond acceptors (Lipinski definition) is 3. The molecule has 0 radical (unpaired) electrons. The molecule has 1 aliphatic heterocycles. The summed E-state index contributed by atoms with van der Waals surface area (Å²) < 4.78 is 0. The Morgan fingerprint density at radius 2 is 1.77 bits per heavy atom. The Balaban J connectivity index is 1.75. The van der Waals surface area contributed by atoms with Crippen molar-refractivity contribution in [3.63, 3.8) is 0 Å². The topological polar surface area (TPSA) is 61.4 Å². The van der Waals surface area contributed by atoms with Crippen LogP contribution in [0.3, 0.4) is 0 Å². The highest BCUT2D eigenvalue weighted by Gasteiger charge is 2.26. The van der Waals surface area contributed by atoms with Gasteiger partial charge in [0.15, 0.2) is 0 Å². The van der Waals surface area contributed by atoms with Crippen molar-refractivity contribution in [1.29, 1.82) is 0 Å². The first-order valence-corrected chi connectivity index (χ1v) is 9.06. The van der Waals surface area contributed by atoms with Crippen molar-refractivity contribution >= 4 is 11.8 Å². The monoisotopic (exact) mass is 351 g/mol.